The molecule has 0 aromatic heterocycles. The van der Waals surface area contributed by atoms with Gasteiger partial charge in [0.1, 0.15) is 0 Å². The Morgan fingerprint density at radius 1 is 1.05 bits per heavy atom. The first kappa shape index (κ1) is 13.7. The van der Waals surface area contributed by atoms with Crippen LogP contribution in [0.15, 0.2) is 0 Å². The van der Waals surface area contributed by atoms with Gasteiger partial charge in [-0.2, -0.15) is 0 Å². The van der Waals surface area contributed by atoms with E-state index in [0.29, 0.717) is 12.3 Å². The molecule has 0 saturated heterocycles. The van der Waals surface area contributed by atoms with Crippen molar-refractivity contribution in [2.45, 2.75) is 51.0 Å². The fraction of sp³-hybridized carbons (Fsp3) is 0.867. The molecule has 3 saturated carbocycles. The van der Waals surface area contributed by atoms with Gasteiger partial charge < -0.3 is 15.7 Å². The third kappa shape index (κ3) is 3.25. The lowest BCUT2D eigenvalue weighted by Crippen LogP contribution is -2.46. The molecule has 2 unspecified atom stereocenters. The Kier molecular flexibility index (Phi) is 3.85. The number of carboxylic acid groups (broad SMARTS) is 1. The maximum atomic E-state index is 11.9. The van der Waals surface area contributed by atoms with E-state index in [1.165, 1.54) is 25.7 Å². The van der Waals surface area contributed by atoms with Crippen LogP contribution in [0.1, 0.15) is 44.9 Å². The lowest BCUT2D eigenvalue weighted by molar-refractivity contribution is -0.142. The van der Waals surface area contributed by atoms with Crippen molar-refractivity contribution in [2.24, 2.45) is 23.7 Å². The number of nitrogens with one attached hydrogen (secondary N) is 2. The molecule has 5 heteroatoms. The molecule has 2 atom stereocenters. The van der Waals surface area contributed by atoms with Gasteiger partial charge in [0, 0.05) is 12.6 Å². The molecule has 3 fully saturated rings. The van der Waals surface area contributed by atoms with Crippen LogP contribution < -0.4 is 10.6 Å². The lowest BCUT2D eigenvalue weighted by Gasteiger charge is -2.20. The number of hydrogen-bond donors (Lipinski definition) is 3. The van der Waals surface area contributed by atoms with Crippen LogP contribution in [0.25, 0.3) is 0 Å². The maximum Gasteiger partial charge on any atom is 0.315 e. The predicted molar refractivity (Wildman–Crippen MR) is 74.2 cm³/mol. The molecule has 0 radical (unpaired) electrons. The van der Waals surface area contributed by atoms with Crippen molar-refractivity contribution >= 4 is 12.0 Å². The topological polar surface area (TPSA) is 78.4 Å². The van der Waals surface area contributed by atoms with Gasteiger partial charge in [0.25, 0.3) is 0 Å². The molecule has 0 heterocycles. The highest BCUT2D eigenvalue weighted by Gasteiger charge is 2.41. The molecule has 0 aromatic carbocycles. The van der Waals surface area contributed by atoms with Crippen molar-refractivity contribution in [3.63, 3.8) is 0 Å². The average molecular weight is 280 g/mol. The summed E-state index contributed by atoms with van der Waals surface area (Å²) < 4.78 is 0. The number of aliphatic carboxylic acids is 1. The summed E-state index contributed by atoms with van der Waals surface area (Å²) in [6.45, 7) is 0.756. The molecule has 112 valence electrons. The van der Waals surface area contributed by atoms with Crippen LogP contribution in [0.5, 0.6) is 0 Å². The number of rotatable bonds is 6. The molecule has 0 aliphatic heterocycles. The summed E-state index contributed by atoms with van der Waals surface area (Å²) in [5.74, 6) is 1.09. The Labute approximate surface area is 119 Å². The third-order valence-electron chi connectivity index (χ3n) is 5.10. The van der Waals surface area contributed by atoms with Gasteiger partial charge in [-0.25, -0.2) is 4.79 Å². The molecule has 20 heavy (non-hydrogen) atoms. The van der Waals surface area contributed by atoms with Crippen LogP contribution >= 0.6 is 0 Å². The van der Waals surface area contributed by atoms with E-state index in [9.17, 15) is 9.59 Å². The highest BCUT2D eigenvalue weighted by atomic mass is 16.4. The Hall–Kier alpha value is -1.26. The van der Waals surface area contributed by atoms with Gasteiger partial charge in [-0.05, 0) is 56.3 Å². The fourth-order valence-corrected chi connectivity index (χ4v) is 3.63. The quantitative estimate of drug-likeness (QED) is 0.696. The van der Waals surface area contributed by atoms with Gasteiger partial charge in [-0.1, -0.05) is 6.42 Å². The Morgan fingerprint density at radius 2 is 1.70 bits per heavy atom. The van der Waals surface area contributed by atoms with Crippen LogP contribution in [0, 0.1) is 23.7 Å². The van der Waals surface area contributed by atoms with Crippen molar-refractivity contribution in [1.29, 1.82) is 0 Å². The van der Waals surface area contributed by atoms with Gasteiger partial charge in [0.05, 0.1) is 5.92 Å². The second kappa shape index (κ2) is 5.62. The molecular formula is C15H24N2O3. The lowest BCUT2D eigenvalue weighted by atomic mass is 9.98. The molecular weight excluding hydrogens is 256 g/mol. The number of carbonyl (C=O) groups is 2. The van der Waals surface area contributed by atoms with Gasteiger partial charge in [0.15, 0.2) is 0 Å². The Bertz CT molecular complexity index is 379. The minimum Gasteiger partial charge on any atom is -0.481 e. The number of hydrogen-bond acceptors (Lipinski definition) is 2. The zero-order valence-electron chi connectivity index (χ0n) is 11.8. The second-order valence-corrected chi connectivity index (χ2v) is 6.68. The monoisotopic (exact) mass is 280 g/mol. The van der Waals surface area contributed by atoms with Crippen molar-refractivity contribution in [1.82, 2.24) is 10.6 Å². The van der Waals surface area contributed by atoms with Crippen molar-refractivity contribution in [3.05, 3.63) is 0 Å². The molecule has 3 rings (SSSR count). The van der Waals surface area contributed by atoms with Gasteiger partial charge >= 0.3 is 12.0 Å². The molecule has 3 N–H and O–H groups in total. The number of urea groups is 1. The van der Waals surface area contributed by atoms with E-state index in [1.54, 1.807) is 0 Å². The molecule has 0 bridgehead atoms. The Morgan fingerprint density at radius 3 is 2.25 bits per heavy atom. The molecule has 2 amide bonds. The van der Waals surface area contributed by atoms with Crippen molar-refractivity contribution in [3.8, 4) is 0 Å². The van der Waals surface area contributed by atoms with Gasteiger partial charge in [-0.15, -0.1) is 0 Å². The molecule has 5 nitrogen and oxygen atoms in total. The van der Waals surface area contributed by atoms with E-state index in [4.69, 9.17) is 5.11 Å². The molecule has 3 aliphatic carbocycles. The fourth-order valence-electron chi connectivity index (χ4n) is 3.63. The van der Waals surface area contributed by atoms with Crippen LogP contribution in [-0.4, -0.2) is 29.7 Å². The van der Waals surface area contributed by atoms with Gasteiger partial charge in [0.2, 0.25) is 0 Å². The third-order valence-corrected chi connectivity index (χ3v) is 5.10. The smallest absolute Gasteiger partial charge is 0.315 e. The maximum absolute atomic E-state index is 11.9. The summed E-state index contributed by atoms with van der Waals surface area (Å²) in [4.78, 5) is 23.0. The SMILES string of the molecule is O=C(NCC(C1CC1)C1CC1)NC1CCCC1C(=O)O. The van der Waals surface area contributed by atoms with E-state index >= 15 is 0 Å². The van der Waals surface area contributed by atoms with Crippen LogP contribution in [0.2, 0.25) is 0 Å². The zero-order valence-corrected chi connectivity index (χ0v) is 11.8. The first-order valence-corrected chi connectivity index (χ1v) is 7.92. The van der Waals surface area contributed by atoms with Crippen LogP contribution in [0.3, 0.4) is 0 Å². The van der Waals surface area contributed by atoms with Crippen LogP contribution in [-0.2, 0) is 4.79 Å². The second-order valence-electron chi connectivity index (χ2n) is 6.68. The zero-order chi connectivity index (χ0) is 14.1. The normalized spacial score (nSPS) is 29.4. The highest BCUT2D eigenvalue weighted by molar-refractivity contribution is 5.77. The largest absolute Gasteiger partial charge is 0.481 e. The molecule has 0 aromatic rings. The minimum atomic E-state index is -0.790. The first-order valence-electron chi connectivity index (χ1n) is 7.92. The van der Waals surface area contributed by atoms with E-state index in [-0.39, 0.29) is 12.1 Å². The molecule has 0 spiro atoms. The van der Waals surface area contributed by atoms with E-state index in [2.05, 4.69) is 10.6 Å². The standard InChI is InChI=1S/C15H24N2O3/c18-14(19)11-2-1-3-13(11)17-15(20)16-8-12(9-4-5-9)10-6-7-10/h9-13H,1-8H2,(H,18,19)(H2,16,17,20). The number of carboxylic acids is 1. The number of amides is 2. The summed E-state index contributed by atoms with van der Waals surface area (Å²) in [6.07, 6.45) is 7.59. The summed E-state index contributed by atoms with van der Waals surface area (Å²) in [7, 11) is 0. The summed E-state index contributed by atoms with van der Waals surface area (Å²) >= 11 is 0. The van der Waals surface area contributed by atoms with E-state index in [0.717, 1.165) is 31.2 Å². The van der Waals surface area contributed by atoms with Crippen molar-refractivity contribution < 1.29 is 14.7 Å². The van der Waals surface area contributed by atoms with E-state index in [1.807, 2.05) is 0 Å². The average Bonchev–Trinajstić information content (AvgIpc) is 3.31. The Balaban J connectivity index is 1.43. The van der Waals surface area contributed by atoms with Crippen LogP contribution in [0.4, 0.5) is 4.79 Å². The summed E-state index contributed by atoms with van der Waals surface area (Å²) in [5, 5.41) is 14.9. The molecule has 3 aliphatic rings. The van der Waals surface area contributed by atoms with E-state index < -0.39 is 11.9 Å². The minimum absolute atomic E-state index is 0.186. The summed E-state index contributed by atoms with van der Waals surface area (Å²) in [6, 6.07) is -0.387. The van der Waals surface area contributed by atoms with Gasteiger partial charge in [-0.3, -0.25) is 4.79 Å². The highest BCUT2D eigenvalue weighted by Crippen LogP contribution is 2.48. The summed E-state index contributed by atoms with van der Waals surface area (Å²) in [5.41, 5.74) is 0. The predicted octanol–water partition coefficient (Wildman–Crippen LogP) is 1.98. The van der Waals surface area contributed by atoms with Crippen molar-refractivity contribution in [2.75, 3.05) is 6.54 Å². The number of carbonyl (C=O) groups excluding carboxylic acids is 1. The first-order chi connectivity index (χ1) is 9.65.